The number of fused-ring (bicyclic) bond motifs is 2. The maximum Gasteiger partial charge on any atom is 0.333 e. The Balaban J connectivity index is 1.84. The number of carbonyl (C=O) groups is 5. The third-order valence-corrected chi connectivity index (χ3v) is 12.4. The number of esters is 5. The lowest BCUT2D eigenvalue weighted by Crippen LogP contribution is -2.63. The van der Waals surface area contributed by atoms with Gasteiger partial charge < -0.3 is 33.5 Å². The zero-order valence-corrected chi connectivity index (χ0v) is 29.7. The van der Waals surface area contributed by atoms with Gasteiger partial charge in [-0.25, -0.2) is 9.59 Å². The number of allylic oxidation sites excluding steroid dienone is 2. The number of hydrogen-bond acceptors (Lipinski definition) is 12. The summed E-state index contributed by atoms with van der Waals surface area (Å²) in [6.45, 7) is 18.1. The highest BCUT2D eigenvalue weighted by Gasteiger charge is 2.87. The predicted octanol–water partition coefficient (Wildman–Crippen LogP) is 3.82. The minimum absolute atomic E-state index is 0.0237. The fraction of sp³-hybridized carbons (Fsp3) is 0.750. The second kappa shape index (κ2) is 12.3. The van der Waals surface area contributed by atoms with Gasteiger partial charge in [0, 0.05) is 55.6 Å². The van der Waals surface area contributed by atoms with E-state index in [-0.39, 0.29) is 17.3 Å². The second-order valence-electron chi connectivity index (χ2n) is 15.2. The molecule has 0 unspecified atom stereocenters. The van der Waals surface area contributed by atoms with Crippen LogP contribution in [0.1, 0.15) is 82.6 Å². The molecule has 5 aliphatic rings. The number of aliphatic hydroxyl groups excluding tert-OH is 1. The van der Waals surface area contributed by atoms with Crippen molar-refractivity contribution in [3.8, 4) is 0 Å². The molecule has 0 radical (unpaired) electrons. The number of hydrogen-bond donors (Lipinski definition) is 1. The van der Waals surface area contributed by atoms with E-state index in [9.17, 15) is 29.1 Å². The van der Waals surface area contributed by atoms with E-state index >= 15 is 0 Å². The van der Waals surface area contributed by atoms with Crippen LogP contribution in [0.2, 0.25) is 0 Å². The van der Waals surface area contributed by atoms with Gasteiger partial charge in [0.2, 0.25) is 0 Å². The summed E-state index contributed by atoms with van der Waals surface area (Å²) >= 11 is 0. The Bertz CT molecular complexity index is 1450. The average molecular weight is 675 g/mol. The van der Waals surface area contributed by atoms with Gasteiger partial charge in [0.05, 0.1) is 0 Å². The van der Waals surface area contributed by atoms with Crippen molar-refractivity contribution in [1.82, 2.24) is 0 Å². The first-order valence-corrected chi connectivity index (χ1v) is 16.9. The molecule has 1 N–H and O–H groups in total. The average Bonchev–Trinajstić information content (AvgIpc) is 3.33. The van der Waals surface area contributed by atoms with Crippen molar-refractivity contribution in [2.45, 2.75) is 125 Å². The van der Waals surface area contributed by atoms with Crippen LogP contribution >= 0.6 is 0 Å². The van der Waals surface area contributed by atoms with Crippen LogP contribution in [-0.4, -0.2) is 77.4 Å². The van der Waals surface area contributed by atoms with E-state index < -0.39 is 101 Å². The zero-order chi connectivity index (χ0) is 35.8. The molecule has 1 saturated heterocycles. The smallest absolute Gasteiger partial charge is 0.333 e. The van der Waals surface area contributed by atoms with Crippen LogP contribution in [0.5, 0.6) is 0 Å². The minimum Gasteiger partial charge on any atom is -0.462 e. The zero-order valence-electron chi connectivity index (χ0n) is 29.7. The molecule has 0 aromatic carbocycles. The van der Waals surface area contributed by atoms with Crippen molar-refractivity contribution in [2.24, 2.45) is 46.3 Å². The standard InChI is InChI=1S/C36H50O12/c1-12-15(3)31(40)46-22-14-21-25(34(21,9)10)28-35(11)29(44-19(7)38)23-24(30(45-20(8)39)36(22,28)33(42)48-35)26(43-18(6)37)17(5)27(23)47-32(41)16(4)13-2/h12-13,17,21-30,33,42H,14H2,1-11H3/b15-12+,16-13-/t17-,21+,22-,23+,24-,25+,26+,27-,28+,29+,30-,33+,35-,36+/m1/s1. The molecular weight excluding hydrogens is 624 g/mol. The van der Waals surface area contributed by atoms with Gasteiger partial charge >= 0.3 is 29.8 Å². The van der Waals surface area contributed by atoms with Crippen molar-refractivity contribution in [3.63, 3.8) is 0 Å². The molecule has 0 aromatic rings. The summed E-state index contributed by atoms with van der Waals surface area (Å²) in [5, 5.41) is 12.3. The van der Waals surface area contributed by atoms with Gasteiger partial charge in [-0.1, -0.05) is 32.9 Å². The summed E-state index contributed by atoms with van der Waals surface area (Å²) in [7, 11) is 0. The fourth-order valence-electron chi connectivity index (χ4n) is 10.1. The van der Waals surface area contributed by atoms with E-state index in [4.69, 9.17) is 28.4 Å². The maximum atomic E-state index is 13.5. The molecule has 4 saturated carbocycles. The van der Waals surface area contributed by atoms with Crippen LogP contribution in [0, 0.1) is 46.3 Å². The summed E-state index contributed by atoms with van der Waals surface area (Å²) in [5.74, 6) is -6.56. The van der Waals surface area contributed by atoms with Gasteiger partial charge in [-0.2, -0.15) is 0 Å². The molecule has 4 aliphatic carbocycles. The first-order chi connectivity index (χ1) is 22.3. The molecule has 14 atom stereocenters. The Labute approximate surface area is 281 Å². The highest BCUT2D eigenvalue weighted by Crippen LogP contribution is 2.79. The Morgan fingerprint density at radius 2 is 1.21 bits per heavy atom. The van der Waals surface area contributed by atoms with E-state index in [1.807, 2.05) is 0 Å². The van der Waals surface area contributed by atoms with Crippen LogP contribution < -0.4 is 0 Å². The SMILES string of the molecule is C/C=C(/C)C(=O)O[C@@H]1[C@H](C)[C@H](OC(C)=O)[C@H]2[C@@H]1[C@H](OC(C)=O)[C@]1(C)O[C@H](O)[C@@]3([C@@H]2OC(C)=O)[C@H](OC(=O)/C(C)=C/C)C[C@H]2[C@@H]([C@@H]13)C2(C)C. The van der Waals surface area contributed by atoms with Gasteiger partial charge in [0.1, 0.15) is 41.5 Å². The number of carbonyl (C=O) groups excluding carboxylic acids is 5. The van der Waals surface area contributed by atoms with E-state index in [0.29, 0.717) is 17.6 Å². The summed E-state index contributed by atoms with van der Waals surface area (Å²) in [6, 6.07) is 0. The van der Waals surface area contributed by atoms with Crippen LogP contribution in [0.3, 0.4) is 0 Å². The Kier molecular flexibility index (Phi) is 9.21. The Morgan fingerprint density at radius 3 is 1.73 bits per heavy atom. The molecule has 266 valence electrons. The molecule has 12 nitrogen and oxygen atoms in total. The molecule has 0 amide bonds. The molecular formula is C36H50O12. The first kappa shape index (κ1) is 36.0. The molecule has 1 heterocycles. The number of aliphatic hydroxyl groups is 1. The van der Waals surface area contributed by atoms with Crippen molar-refractivity contribution >= 4 is 29.8 Å². The third-order valence-electron chi connectivity index (χ3n) is 12.4. The first-order valence-electron chi connectivity index (χ1n) is 16.9. The van der Waals surface area contributed by atoms with Gasteiger partial charge in [0.25, 0.3) is 0 Å². The van der Waals surface area contributed by atoms with Crippen LogP contribution in [0.4, 0.5) is 0 Å². The monoisotopic (exact) mass is 674 g/mol. The van der Waals surface area contributed by atoms with E-state index in [0.717, 1.165) is 0 Å². The Morgan fingerprint density at radius 1 is 0.729 bits per heavy atom. The van der Waals surface area contributed by atoms with Crippen LogP contribution in [-0.2, 0) is 52.4 Å². The molecule has 0 spiro atoms. The molecule has 1 aliphatic heterocycles. The summed E-state index contributed by atoms with van der Waals surface area (Å²) < 4.78 is 37.6. The van der Waals surface area contributed by atoms with Crippen molar-refractivity contribution < 1.29 is 57.5 Å². The lowest BCUT2D eigenvalue weighted by molar-refractivity contribution is -0.266. The number of rotatable bonds is 7. The second-order valence-corrected chi connectivity index (χ2v) is 15.2. The molecule has 5 rings (SSSR count). The molecule has 12 heteroatoms. The Hall–Kier alpha value is -3.25. The normalized spacial score (nSPS) is 43.8. The van der Waals surface area contributed by atoms with Crippen LogP contribution in [0.15, 0.2) is 23.3 Å². The van der Waals surface area contributed by atoms with Crippen molar-refractivity contribution in [2.75, 3.05) is 0 Å². The molecule has 5 fully saturated rings. The van der Waals surface area contributed by atoms with E-state index in [2.05, 4.69) is 13.8 Å². The third kappa shape index (κ3) is 5.20. The maximum absolute atomic E-state index is 13.5. The fourth-order valence-corrected chi connectivity index (χ4v) is 10.1. The highest BCUT2D eigenvalue weighted by atomic mass is 16.7. The predicted molar refractivity (Wildman–Crippen MR) is 168 cm³/mol. The summed E-state index contributed by atoms with van der Waals surface area (Å²) in [4.78, 5) is 65.8. The van der Waals surface area contributed by atoms with Crippen molar-refractivity contribution in [1.29, 1.82) is 0 Å². The van der Waals surface area contributed by atoms with Gasteiger partial charge in [0.15, 0.2) is 6.29 Å². The van der Waals surface area contributed by atoms with Crippen molar-refractivity contribution in [3.05, 3.63) is 23.3 Å². The van der Waals surface area contributed by atoms with E-state index in [1.54, 1.807) is 53.7 Å². The summed E-state index contributed by atoms with van der Waals surface area (Å²) in [5.41, 5.74) is -2.68. The topological polar surface area (TPSA) is 161 Å². The molecule has 2 bridgehead atoms. The minimum atomic E-state index is -1.66. The highest BCUT2D eigenvalue weighted by molar-refractivity contribution is 5.88. The lowest BCUT2D eigenvalue weighted by Gasteiger charge is -2.51. The quantitative estimate of drug-likeness (QED) is 0.237. The lowest BCUT2D eigenvalue weighted by atomic mass is 9.56. The summed E-state index contributed by atoms with van der Waals surface area (Å²) in [6.07, 6.45) is -3.59. The van der Waals surface area contributed by atoms with E-state index in [1.165, 1.54) is 20.8 Å². The van der Waals surface area contributed by atoms with Gasteiger partial charge in [-0.3, -0.25) is 14.4 Å². The molecule has 48 heavy (non-hydrogen) atoms. The van der Waals surface area contributed by atoms with Gasteiger partial charge in [-0.15, -0.1) is 0 Å². The molecule has 0 aromatic heterocycles. The number of ether oxygens (including phenoxy) is 6. The largest absolute Gasteiger partial charge is 0.462 e. The van der Waals surface area contributed by atoms with Gasteiger partial charge in [-0.05, 0) is 58.3 Å². The van der Waals surface area contributed by atoms with Crippen LogP contribution in [0.25, 0.3) is 0 Å².